The van der Waals surface area contributed by atoms with Gasteiger partial charge in [0.2, 0.25) is 5.91 Å². The van der Waals surface area contributed by atoms with E-state index in [1.54, 1.807) is 12.5 Å². The van der Waals surface area contributed by atoms with Crippen molar-refractivity contribution >= 4 is 39.8 Å². The van der Waals surface area contributed by atoms with Crippen LogP contribution in [0.25, 0.3) is 11.0 Å². The molecule has 5 rings (SSSR count). The minimum Gasteiger partial charge on any atom is -0.458 e. The number of H-pyrrole nitrogens is 1. The Morgan fingerprint density at radius 3 is 3.07 bits per heavy atom. The van der Waals surface area contributed by atoms with Gasteiger partial charge in [0.05, 0.1) is 23.2 Å². The van der Waals surface area contributed by atoms with E-state index in [1.807, 2.05) is 35.2 Å². The number of hydrogen-bond donors (Lipinski definition) is 1. The van der Waals surface area contributed by atoms with E-state index >= 15 is 0 Å². The molecular formula is C20H17ClN4O2S. The maximum absolute atomic E-state index is 13.1. The lowest BCUT2D eigenvalue weighted by molar-refractivity contribution is -0.133. The van der Waals surface area contributed by atoms with Crippen molar-refractivity contribution in [1.82, 2.24) is 19.9 Å². The first-order valence-electron chi connectivity index (χ1n) is 9.09. The highest BCUT2D eigenvalue weighted by Crippen LogP contribution is 2.36. The van der Waals surface area contributed by atoms with Crippen LogP contribution in [0.15, 0.2) is 47.3 Å². The Morgan fingerprint density at radius 2 is 2.25 bits per heavy atom. The van der Waals surface area contributed by atoms with Crippen LogP contribution in [0.2, 0.25) is 4.34 Å². The standard InChI is InChI=1S/C20H17ClN4O2S/c21-16-10-22-17(28-16)5-6-18(26)25-8-7-13-19(24-11-23-13)20(25)15-9-12-3-1-2-4-14(12)27-15/h1-4,9-11,20H,5-8H2,(H,23,24)/t20-/m1/s1. The summed E-state index contributed by atoms with van der Waals surface area (Å²) in [7, 11) is 0. The highest BCUT2D eigenvalue weighted by atomic mass is 35.5. The average molecular weight is 413 g/mol. The number of amides is 1. The molecule has 28 heavy (non-hydrogen) atoms. The fourth-order valence-electron chi connectivity index (χ4n) is 3.73. The Balaban J connectivity index is 1.46. The molecule has 8 heteroatoms. The number of aryl methyl sites for hydroxylation is 1. The summed E-state index contributed by atoms with van der Waals surface area (Å²) >= 11 is 7.36. The Labute approximate surface area is 170 Å². The second-order valence-corrected chi connectivity index (χ2v) is 8.50. The van der Waals surface area contributed by atoms with Gasteiger partial charge in [0.15, 0.2) is 0 Å². The Morgan fingerprint density at radius 1 is 1.36 bits per heavy atom. The number of imidazole rings is 1. The van der Waals surface area contributed by atoms with Crippen LogP contribution in [-0.4, -0.2) is 32.3 Å². The summed E-state index contributed by atoms with van der Waals surface area (Å²) in [6.07, 6.45) is 5.01. The summed E-state index contributed by atoms with van der Waals surface area (Å²) in [5.41, 5.74) is 2.72. The maximum Gasteiger partial charge on any atom is 0.223 e. The number of fused-ring (bicyclic) bond motifs is 2. The minimum atomic E-state index is -0.324. The lowest BCUT2D eigenvalue weighted by Crippen LogP contribution is -2.40. The number of rotatable bonds is 4. The molecular weight excluding hydrogens is 396 g/mol. The number of furan rings is 1. The van der Waals surface area contributed by atoms with E-state index in [9.17, 15) is 4.79 Å². The van der Waals surface area contributed by atoms with Gasteiger partial charge in [-0.2, -0.15) is 0 Å². The SMILES string of the molecule is O=C(CCc1ncc(Cl)s1)N1CCc2[nH]cnc2[C@H]1c1cc2ccccc2o1. The van der Waals surface area contributed by atoms with Crippen molar-refractivity contribution in [2.24, 2.45) is 0 Å². The fourth-order valence-corrected chi connectivity index (χ4v) is 4.69. The zero-order chi connectivity index (χ0) is 19.1. The minimum absolute atomic E-state index is 0.0606. The molecule has 0 bridgehead atoms. The van der Waals surface area contributed by atoms with Gasteiger partial charge in [-0.1, -0.05) is 29.8 Å². The smallest absolute Gasteiger partial charge is 0.223 e. The third-order valence-corrected chi connectivity index (χ3v) is 6.21. The van der Waals surface area contributed by atoms with Crippen LogP contribution in [0.5, 0.6) is 0 Å². The van der Waals surface area contributed by atoms with Gasteiger partial charge in [0, 0.05) is 36.9 Å². The number of carbonyl (C=O) groups is 1. The van der Waals surface area contributed by atoms with Gasteiger partial charge in [-0.15, -0.1) is 11.3 Å². The van der Waals surface area contributed by atoms with Gasteiger partial charge in [0.25, 0.3) is 0 Å². The molecule has 1 amide bonds. The molecule has 1 atom stereocenters. The van der Waals surface area contributed by atoms with E-state index in [2.05, 4.69) is 15.0 Å². The molecule has 0 fully saturated rings. The van der Waals surface area contributed by atoms with E-state index in [-0.39, 0.29) is 11.9 Å². The molecule has 0 unspecified atom stereocenters. The lowest BCUT2D eigenvalue weighted by atomic mass is 9.99. The third-order valence-electron chi connectivity index (χ3n) is 5.04. The predicted octanol–water partition coefficient (Wildman–Crippen LogP) is 4.37. The van der Waals surface area contributed by atoms with Crippen LogP contribution in [-0.2, 0) is 17.6 Å². The topological polar surface area (TPSA) is 75.0 Å². The lowest BCUT2D eigenvalue weighted by Gasteiger charge is -2.33. The molecule has 1 aliphatic rings. The second-order valence-electron chi connectivity index (χ2n) is 6.75. The van der Waals surface area contributed by atoms with E-state index in [1.165, 1.54) is 11.3 Å². The summed E-state index contributed by atoms with van der Waals surface area (Å²) < 4.78 is 6.75. The van der Waals surface area contributed by atoms with E-state index in [0.717, 1.165) is 39.5 Å². The Bertz CT molecular complexity index is 1110. The second kappa shape index (κ2) is 7.07. The van der Waals surface area contributed by atoms with Crippen molar-refractivity contribution in [3.05, 3.63) is 69.3 Å². The summed E-state index contributed by atoms with van der Waals surface area (Å²) in [5, 5.41) is 1.89. The molecule has 1 N–H and O–H groups in total. The largest absolute Gasteiger partial charge is 0.458 e. The normalized spacial score (nSPS) is 16.5. The summed E-state index contributed by atoms with van der Waals surface area (Å²) in [6.45, 7) is 0.619. The van der Waals surface area contributed by atoms with Crippen molar-refractivity contribution in [3.8, 4) is 0 Å². The molecule has 0 spiro atoms. The van der Waals surface area contributed by atoms with Crippen LogP contribution in [0, 0.1) is 0 Å². The number of halogens is 1. The zero-order valence-electron chi connectivity index (χ0n) is 14.9. The molecule has 0 radical (unpaired) electrons. The van der Waals surface area contributed by atoms with Gasteiger partial charge in [-0.25, -0.2) is 9.97 Å². The predicted molar refractivity (Wildman–Crippen MR) is 108 cm³/mol. The molecule has 4 aromatic rings. The monoisotopic (exact) mass is 412 g/mol. The van der Waals surface area contributed by atoms with Crippen LogP contribution >= 0.6 is 22.9 Å². The van der Waals surface area contributed by atoms with Crippen molar-refractivity contribution in [1.29, 1.82) is 0 Å². The van der Waals surface area contributed by atoms with Crippen LogP contribution in [0.4, 0.5) is 0 Å². The first-order chi connectivity index (χ1) is 13.7. The number of benzene rings is 1. The van der Waals surface area contributed by atoms with Gasteiger partial charge in [-0.3, -0.25) is 4.79 Å². The number of thiazole rings is 1. The maximum atomic E-state index is 13.1. The highest BCUT2D eigenvalue weighted by Gasteiger charge is 2.36. The number of nitrogens with zero attached hydrogens (tertiary/aromatic N) is 3. The van der Waals surface area contributed by atoms with Crippen molar-refractivity contribution in [2.45, 2.75) is 25.3 Å². The van der Waals surface area contributed by atoms with Gasteiger partial charge >= 0.3 is 0 Å². The molecule has 0 aliphatic carbocycles. The van der Waals surface area contributed by atoms with Crippen molar-refractivity contribution < 1.29 is 9.21 Å². The fraction of sp³-hybridized carbons (Fsp3) is 0.250. The third kappa shape index (κ3) is 3.10. The molecule has 142 valence electrons. The Hall–Kier alpha value is -2.64. The molecule has 0 saturated heterocycles. The number of aromatic amines is 1. The summed E-state index contributed by atoms with van der Waals surface area (Å²) in [6, 6.07) is 9.54. The number of hydrogen-bond acceptors (Lipinski definition) is 5. The summed E-state index contributed by atoms with van der Waals surface area (Å²) in [4.78, 5) is 26.9. The van der Waals surface area contributed by atoms with Gasteiger partial charge in [-0.05, 0) is 12.1 Å². The van der Waals surface area contributed by atoms with Crippen LogP contribution in [0.3, 0.4) is 0 Å². The quantitative estimate of drug-likeness (QED) is 0.540. The average Bonchev–Trinajstić information content (AvgIpc) is 3.43. The zero-order valence-corrected chi connectivity index (χ0v) is 16.5. The van der Waals surface area contributed by atoms with Gasteiger partial charge in [0.1, 0.15) is 21.7 Å². The first kappa shape index (κ1) is 17.5. The molecule has 0 saturated carbocycles. The molecule has 3 aromatic heterocycles. The van der Waals surface area contributed by atoms with Crippen LogP contribution in [0.1, 0.15) is 34.6 Å². The summed E-state index contributed by atoms with van der Waals surface area (Å²) in [5.74, 6) is 0.797. The first-order valence-corrected chi connectivity index (χ1v) is 10.3. The molecule has 4 heterocycles. The van der Waals surface area contributed by atoms with Crippen LogP contribution < -0.4 is 0 Å². The molecule has 6 nitrogen and oxygen atoms in total. The number of nitrogens with one attached hydrogen (secondary N) is 1. The van der Waals surface area contributed by atoms with E-state index in [4.69, 9.17) is 16.0 Å². The van der Waals surface area contributed by atoms with Crippen molar-refractivity contribution in [3.63, 3.8) is 0 Å². The van der Waals surface area contributed by atoms with E-state index in [0.29, 0.717) is 23.7 Å². The number of para-hydroxylation sites is 1. The van der Waals surface area contributed by atoms with E-state index < -0.39 is 0 Å². The van der Waals surface area contributed by atoms with Gasteiger partial charge < -0.3 is 14.3 Å². The molecule has 1 aromatic carbocycles. The molecule has 1 aliphatic heterocycles. The Kier molecular flexibility index (Phi) is 4.41. The number of aromatic nitrogens is 3. The highest BCUT2D eigenvalue weighted by molar-refractivity contribution is 7.15. The van der Waals surface area contributed by atoms with Crippen molar-refractivity contribution in [2.75, 3.05) is 6.54 Å². The number of carbonyl (C=O) groups excluding carboxylic acids is 1.